The molecule has 48 heavy (non-hydrogen) atoms. The summed E-state index contributed by atoms with van der Waals surface area (Å²) in [6.45, 7) is 2.11. The quantitative estimate of drug-likeness (QED) is 0.114. The molecule has 0 saturated heterocycles. The number of aryl methyl sites for hydroxylation is 1. The van der Waals surface area contributed by atoms with E-state index in [0.717, 1.165) is 22.3 Å². The number of methoxy groups -OCH3 is 1. The van der Waals surface area contributed by atoms with Crippen molar-refractivity contribution >= 4 is 55.5 Å². The summed E-state index contributed by atoms with van der Waals surface area (Å²) in [5.41, 5.74) is 3.35. The third-order valence-corrected chi connectivity index (χ3v) is 9.46. The maximum absolute atomic E-state index is 13.8. The molecule has 0 aliphatic heterocycles. The SMILES string of the molecule is COc1ccc(S(=O)(=O)N(CCNc2cc(C)nc3ccc(Cl)cc23)CCC(=O)Nc2ccc(N=O)cc2OCc2ccccn2)cc1. The van der Waals surface area contributed by atoms with Gasteiger partial charge in [0.15, 0.2) is 0 Å². The predicted molar refractivity (Wildman–Crippen MR) is 185 cm³/mol. The maximum Gasteiger partial charge on any atom is 0.243 e. The fraction of sp³-hybridized carbons (Fsp3) is 0.206. The number of fused-ring (bicyclic) bond motifs is 1. The molecule has 2 N–H and O–H groups in total. The molecule has 2 heterocycles. The molecule has 0 atom stereocenters. The van der Waals surface area contributed by atoms with E-state index in [1.165, 1.54) is 41.7 Å². The van der Waals surface area contributed by atoms with E-state index in [0.29, 0.717) is 22.2 Å². The van der Waals surface area contributed by atoms with Crippen LogP contribution in [-0.2, 0) is 21.4 Å². The zero-order chi connectivity index (χ0) is 34.1. The monoisotopic (exact) mass is 688 g/mol. The molecule has 0 spiro atoms. The highest BCUT2D eigenvalue weighted by atomic mass is 35.5. The van der Waals surface area contributed by atoms with E-state index in [1.807, 2.05) is 25.1 Å². The summed E-state index contributed by atoms with van der Waals surface area (Å²) in [5.74, 6) is 0.271. The number of nitroso groups, excluding NO2 is 1. The van der Waals surface area contributed by atoms with Crippen molar-refractivity contribution in [2.24, 2.45) is 5.18 Å². The first-order chi connectivity index (χ1) is 23.2. The molecule has 1 amide bonds. The Morgan fingerprint density at radius 2 is 1.79 bits per heavy atom. The smallest absolute Gasteiger partial charge is 0.243 e. The van der Waals surface area contributed by atoms with Crippen molar-refractivity contribution in [3.05, 3.63) is 112 Å². The normalized spacial score (nSPS) is 11.3. The van der Waals surface area contributed by atoms with Crippen LogP contribution in [0.1, 0.15) is 17.8 Å². The van der Waals surface area contributed by atoms with Crippen LogP contribution >= 0.6 is 11.6 Å². The second-order valence-electron chi connectivity index (χ2n) is 10.7. The van der Waals surface area contributed by atoms with Gasteiger partial charge in [-0.1, -0.05) is 17.7 Å². The standard InChI is InChI=1S/C34H33ClN6O6S/c1-23-19-32(29-20-24(35)6-12-30(29)38-23)37-16-18-41(48(44,45)28-10-8-27(46-2)9-11-28)17-14-34(42)39-31-13-7-25(40-43)21-33(31)47-22-26-5-3-4-15-36-26/h3-13,15,19-21H,14,16-18,22H2,1-2H3,(H,37,38)(H,39,42). The fourth-order valence-electron chi connectivity index (χ4n) is 4.91. The number of benzene rings is 3. The number of nitrogens with zero attached hydrogens (tertiary/aromatic N) is 4. The van der Waals surface area contributed by atoms with Crippen LogP contribution in [0.25, 0.3) is 10.9 Å². The molecule has 5 aromatic rings. The molecular weight excluding hydrogens is 656 g/mol. The van der Waals surface area contributed by atoms with Gasteiger partial charge in [0.05, 0.1) is 28.9 Å². The zero-order valence-corrected chi connectivity index (χ0v) is 27.8. The highest BCUT2D eigenvalue weighted by Gasteiger charge is 2.25. The first-order valence-corrected chi connectivity index (χ1v) is 16.7. The van der Waals surface area contributed by atoms with E-state index in [-0.39, 0.29) is 49.0 Å². The first kappa shape index (κ1) is 34.2. The van der Waals surface area contributed by atoms with E-state index in [9.17, 15) is 18.1 Å². The highest BCUT2D eigenvalue weighted by molar-refractivity contribution is 7.89. The third-order valence-electron chi connectivity index (χ3n) is 7.31. The van der Waals surface area contributed by atoms with Crippen LogP contribution in [0.4, 0.5) is 17.1 Å². The summed E-state index contributed by atoms with van der Waals surface area (Å²) < 4.78 is 40.0. The number of carbonyl (C=O) groups is 1. The van der Waals surface area contributed by atoms with Crippen LogP contribution in [0.3, 0.4) is 0 Å². The lowest BCUT2D eigenvalue weighted by molar-refractivity contribution is -0.116. The van der Waals surface area contributed by atoms with Gasteiger partial charge in [0.25, 0.3) is 0 Å². The van der Waals surface area contributed by atoms with Gasteiger partial charge in [-0.2, -0.15) is 4.31 Å². The number of anilines is 2. The number of halogens is 1. The largest absolute Gasteiger partial charge is 0.497 e. The zero-order valence-electron chi connectivity index (χ0n) is 26.2. The van der Waals surface area contributed by atoms with Crippen molar-refractivity contribution in [3.8, 4) is 11.5 Å². The lowest BCUT2D eigenvalue weighted by atomic mass is 10.1. The summed E-state index contributed by atoms with van der Waals surface area (Å²) in [6, 6.07) is 23.0. The maximum atomic E-state index is 13.8. The number of carbonyl (C=O) groups excluding carboxylic acids is 1. The number of nitrogens with one attached hydrogen (secondary N) is 2. The Bertz CT molecular complexity index is 2010. The van der Waals surface area contributed by atoms with Crippen LogP contribution in [0.15, 0.2) is 101 Å². The number of aromatic nitrogens is 2. The van der Waals surface area contributed by atoms with Crippen LogP contribution < -0.4 is 20.1 Å². The summed E-state index contributed by atoms with van der Waals surface area (Å²) >= 11 is 6.24. The number of hydrogen-bond acceptors (Lipinski definition) is 10. The van der Waals surface area contributed by atoms with Crippen molar-refractivity contribution in [2.45, 2.75) is 24.8 Å². The van der Waals surface area contributed by atoms with Gasteiger partial charge in [-0.25, -0.2) is 8.42 Å². The number of amides is 1. The lowest BCUT2D eigenvalue weighted by Gasteiger charge is -2.23. The van der Waals surface area contributed by atoms with Gasteiger partial charge in [-0.3, -0.25) is 14.8 Å². The van der Waals surface area contributed by atoms with E-state index >= 15 is 0 Å². The number of ether oxygens (including phenoxy) is 2. The Labute approximate surface area is 283 Å². The van der Waals surface area contributed by atoms with Gasteiger partial charge in [0.1, 0.15) is 23.8 Å². The van der Waals surface area contributed by atoms with Gasteiger partial charge in [0, 0.05) is 60.1 Å². The van der Waals surface area contributed by atoms with E-state index in [2.05, 4.69) is 25.8 Å². The first-order valence-electron chi connectivity index (χ1n) is 14.9. The molecule has 3 aromatic carbocycles. The van der Waals surface area contributed by atoms with Crippen molar-refractivity contribution in [3.63, 3.8) is 0 Å². The van der Waals surface area contributed by atoms with Crippen molar-refractivity contribution in [1.82, 2.24) is 14.3 Å². The summed E-state index contributed by atoms with van der Waals surface area (Å²) in [7, 11) is -2.52. The molecule has 0 bridgehead atoms. The van der Waals surface area contributed by atoms with E-state index in [4.69, 9.17) is 21.1 Å². The van der Waals surface area contributed by atoms with Crippen LogP contribution in [0, 0.1) is 11.8 Å². The molecule has 0 aliphatic rings. The molecule has 12 nitrogen and oxygen atoms in total. The van der Waals surface area contributed by atoms with Crippen molar-refractivity contribution in [2.75, 3.05) is 37.4 Å². The predicted octanol–water partition coefficient (Wildman–Crippen LogP) is 6.71. The van der Waals surface area contributed by atoms with Crippen LogP contribution in [0.2, 0.25) is 5.02 Å². The minimum atomic E-state index is -4.02. The lowest BCUT2D eigenvalue weighted by Crippen LogP contribution is -2.37. The molecule has 0 aliphatic carbocycles. The molecule has 0 fully saturated rings. The third kappa shape index (κ3) is 8.62. The number of rotatable bonds is 15. The van der Waals surface area contributed by atoms with E-state index in [1.54, 1.807) is 42.6 Å². The molecule has 14 heteroatoms. The van der Waals surface area contributed by atoms with Gasteiger partial charge in [0.2, 0.25) is 15.9 Å². The highest BCUT2D eigenvalue weighted by Crippen LogP contribution is 2.31. The Balaban J connectivity index is 1.32. The molecule has 248 valence electrons. The Hall–Kier alpha value is -5.11. The molecule has 2 aromatic heterocycles. The van der Waals surface area contributed by atoms with E-state index < -0.39 is 15.9 Å². The minimum Gasteiger partial charge on any atom is -0.497 e. The molecule has 5 rings (SSSR count). The number of pyridine rings is 2. The topological polar surface area (TPSA) is 152 Å². The molecular formula is C34H33ClN6O6S. The molecule has 0 saturated carbocycles. The van der Waals surface area contributed by atoms with Gasteiger partial charge >= 0.3 is 0 Å². The van der Waals surface area contributed by atoms with Gasteiger partial charge in [-0.05, 0) is 84.9 Å². The number of hydrogen-bond donors (Lipinski definition) is 2. The Morgan fingerprint density at radius 3 is 2.52 bits per heavy atom. The second kappa shape index (κ2) is 15.7. The van der Waals surface area contributed by atoms with Gasteiger partial charge < -0.3 is 20.1 Å². The Kier molecular flexibility index (Phi) is 11.2. The average molecular weight is 689 g/mol. The second-order valence-corrected chi connectivity index (χ2v) is 13.0. The summed E-state index contributed by atoms with van der Waals surface area (Å²) in [6.07, 6.45) is 1.46. The molecule has 0 unspecified atom stereocenters. The average Bonchev–Trinajstić information content (AvgIpc) is 3.09. The fourth-order valence-corrected chi connectivity index (χ4v) is 6.52. The van der Waals surface area contributed by atoms with Crippen LogP contribution in [-0.4, -0.2) is 55.3 Å². The summed E-state index contributed by atoms with van der Waals surface area (Å²) in [4.78, 5) is 33.2. The van der Waals surface area contributed by atoms with Crippen LogP contribution in [0.5, 0.6) is 11.5 Å². The molecule has 0 radical (unpaired) electrons. The van der Waals surface area contributed by atoms with Crippen molar-refractivity contribution < 1.29 is 22.7 Å². The minimum absolute atomic E-state index is 0.0449. The number of sulfonamides is 1. The van der Waals surface area contributed by atoms with Gasteiger partial charge in [-0.15, -0.1) is 4.91 Å². The summed E-state index contributed by atoms with van der Waals surface area (Å²) in [5, 5.41) is 10.4. The Morgan fingerprint density at radius 1 is 0.979 bits per heavy atom. The van der Waals surface area contributed by atoms with Crippen molar-refractivity contribution in [1.29, 1.82) is 0 Å².